The van der Waals surface area contributed by atoms with E-state index in [1.54, 1.807) is 0 Å². The van der Waals surface area contributed by atoms with E-state index in [1.165, 1.54) is 0 Å². The third-order valence-electron chi connectivity index (χ3n) is 3.48. The van der Waals surface area contributed by atoms with E-state index in [1.807, 2.05) is 10.7 Å². The van der Waals surface area contributed by atoms with E-state index in [0.717, 1.165) is 51.6 Å². The molecule has 0 saturated carbocycles. The van der Waals surface area contributed by atoms with Gasteiger partial charge in [-0.3, -0.25) is 4.68 Å². The number of rotatable bonds is 6. The lowest BCUT2D eigenvalue weighted by Crippen LogP contribution is -2.08. The van der Waals surface area contributed by atoms with Crippen molar-refractivity contribution < 1.29 is 4.74 Å². The number of hydrogen-bond acceptors (Lipinski definition) is 2. The molecule has 0 unspecified atom stereocenters. The van der Waals surface area contributed by atoms with Crippen LogP contribution < -0.4 is 4.74 Å². The first-order chi connectivity index (χ1) is 10.1. The van der Waals surface area contributed by atoms with E-state index in [4.69, 9.17) is 16.3 Å². The zero-order valence-corrected chi connectivity index (χ0v) is 15.0. The van der Waals surface area contributed by atoms with Crippen LogP contribution in [0.15, 0.2) is 18.2 Å². The van der Waals surface area contributed by atoms with Gasteiger partial charge in [-0.25, -0.2) is 0 Å². The Bertz CT molecular complexity index is 625. The molecule has 21 heavy (non-hydrogen) atoms. The Kier molecular flexibility index (Phi) is 5.71. The van der Waals surface area contributed by atoms with Crippen molar-refractivity contribution in [3.8, 4) is 5.75 Å². The summed E-state index contributed by atoms with van der Waals surface area (Å²) in [6, 6.07) is 6.15. The average Bonchev–Trinajstić information content (AvgIpc) is 2.81. The van der Waals surface area contributed by atoms with Crippen LogP contribution >= 0.6 is 27.5 Å². The number of para-hydroxylation sites is 1. The Morgan fingerprint density at radius 1 is 1.33 bits per heavy atom. The van der Waals surface area contributed by atoms with Crippen LogP contribution in [0.25, 0.3) is 0 Å². The van der Waals surface area contributed by atoms with Gasteiger partial charge in [0.15, 0.2) is 0 Å². The molecule has 5 heteroatoms. The van der Waals surface area contributed by atoms with Crippen molar-refractivity contribution >= 4 is 27.5 Å². The molecule has 0 atom stereocenters. The topological polar surface area (TPSA) is 27.1 Å². The fourth-order valence-corrected chi connectivity index (χ4v) is 3.09. The van der Waals surface area contributed by atoms with Gasteiger partial charge in [0.25, 0.3) is 0 Å². The number of nitrogens with zero attached hydrogens (tertiary/aromatic N) is 2. The van der Waals surface area contributed by atoms with Gasteiger partial charge >= 0.3 is 0 Å². The number of ether oxygens (including phenoxy) is 1. The van der Waals surface area contributed by atoms with Crippen molar-refractivity contribution in [2.45, 2.75) is 45.7 Å². The summed E-state index contributed by atoms with van der Waals surface area (Å²) in [7, 11) is 0. The molecule has 2 rings (SSSR count). The molecule has 1 aromatic carbocycles. The fourth-order valence-electron chi connectivity index (χ4n) is 2.32. The molecule has 0 bridgehead atoms. The van der Waals surface area contributed by atoms with Crippen LogP contribution in [0.1, 0.15) is 36.4 Å². The summed E-state index contributed by atoms with van der Waals surface area (Å²) in [6.07, 6.45) is 0.829. The molecular weight excluding hydrogens is 352 g/mol. The summed E-state index contributed by atoms with van der Waals surface area (Å²) in [4.78, 5) is 0. The minimum atomic E-state index is 0.435. The number of aryl methyl sites for hydroxylation is 3. The van der Waals surface area contributed by atoms with E-state index in [9.17, 15) is 0 Å². The molecule has 0 radical (unpaired) electrons. The Labute approximate surface area is 139 Å². The predicted octanol–water partition coefficient (Wildman–Crippen LogP) is 4.90. The molecular formula is C16H20BrClN2O. The Balaban J connectivity index is 2.26. The second kappa shape index (κ2) is 7.32. The van der Waals surface area contributed by atoms with E-state index >= 15 is 0 Å². The lowest BCUT2D eigenvalue weighted by atomic mass is 10.1. The Hall–Kier alpha value is -1.000. The SMILES string of the molecule is CCc1nn(CC)c(COc2c(C)cccc2CBr)c1Cl. The van der Waals surface area contributed by atoms with Crippen LogP contribution in [-0.4, -0.2) is 9.78 Å². The zero-order valence-electron chi connectivity index (χ0n) is 12.6. The molecule has 0 aliphatic heterocycles. The molecule has 3 nitrogen and oxygen atoms in total. The van der Waals surface area contributed by atoms with Gasteiger partial charge in [0.2, 0.25) is 0 Å². The molecule has 0 saturated heterocycles. The maximum Gasteiger partial charge on any atom is 0.131 e. The highest BCUT2D eigenvalue weighted by molar-refractivity contribution is 9.08. The van der Waals surface area contributed by atoms with Crippen LogP contribution in [-0.2, 0) is 24.9 Å². The maximum atomic E-state index is 6.42. The molecule has 0 aliphatic carbocycles. The van der Waals surface area contributed by atoms with Crippen LogP contribution in [0.2, 0.25) is 5.02 Å². The fraction of sp³-hybridized carbons (Fsp3) is 0.438. The summed E-state index contributed by atoms with van der Waals surface area (Å²) in [5.41, 5.74) is 4.15. The van der Waals surface area contributed by atoms with Gasteiger partial charge in [-0.1, -0.05) is 52.7 Å². The van der Waals surface area contributed by atoms with Gasteiger partial charge in [-0.15, -0.1) is 0 Å². The van der Waals surface area contributed by atoms with Gasteiger partial charge in [-0.05, 0) is 25.8 Å². The second-order valence-corrected chi connectivity index (χ2v) is 5.80. The quantitative estimate of drug-likeness (QED) is 0.675. The van der Waals surface area contributed by atoms with E-state index in [0.29, 0.717) is 6.61 Å². The van der Waals surface area contributed by atoms with Gasteiger partial charge in [0.1, 0.15) is 12.4 Å². The third kappa shape index (κ3) is 3.43. The van der Waals surface area contributed by atoms with Gasteiger partial charge in [0.05, 0.1) is 16.4 Å². The van der Waals surface area contributed by atoms with Gasteiger partial charge < -0.3 is 4.74 Å². The van der Waals surface area contributed by atoms with Crippen molar-refractivity contribution in [3.05, 3.63) is 45.7 Å². The summed E-state index contributed by atoms with van der Waals surface area (Å²) in [6.45, 7) is 7.40. The second-order valence-electron chi connectivity index (χ2n) is 4.86. The third-order valence-corrected chi connectivity index (χ3v) is 4.53. The van der Waals surface area contributed by atoms with Crippen molar-refractivity contribution in [1.82, 2.24) is 9.78 Å². The first kappa shape index (κ1) is 16.4. The van der Waals surface area contributed by atoms with Gasteiger partial charge in [-0.2, -0.15) is 5.10 Å². The van der Waals surface area contributed by atoms with Crippen LogP contribution in [0.4, 0.5) is 0 Å². The smallest absolute Gasteiger partial charge is 0.131 e. The molecule has 114 valence electrons. The monoisotopic (exact) mass is 370 g/mol. The van der Waals surface area contributed by atoms with Crippen molar-refractivity contribution in [2.24, 2.45) is 0 Å². The Morgan fingerprint density at radius 2 is 2.10 bits per heavy atom. The number of benzene rings is 1. The number of hydrogen-bond donors (Lipinski definition) is 0. The van der Waals surface area contributed by atoms with Crippen LogP contribution in [0, 0.1) is 6.92 Å². The van der Waals surface area contributed by atoms with Crippen molar-refractivity contribution in [2.75, 3.05) is 0 Å². The average molecular weight is 372 g/mol. The molecule has 0 spiro atoms. The molecule has 0 fully saturated rings. The highest BCUT2D eigenvalue weighted by atomic mass is 79.9. The molecule has 0 N–H and O–H groups in total. The van der Waals surface area contributed by atoms with E-state index in [-0.39, 0.29) is 0 Å². The minimum Gasteiger partial charge on any atom is -0.487 e. The molecule has 1 heterocycles. The molecule has 0 aliphatic rings. The zero-order chi connectivity index (χ0) is 15.4. The summed E-state index contributed by atoms with van der Waals surface area (Å²) in [5, 5.41) is 6.02. The summed E-state index contributed by atoms with van der Waals surface area (Å²) < 4.78 is 7.97. The molecule has 1 aromatic heterocycles. The normalized spacial score (nSPS) is 10.9. The number of alkyl halides is 1. The minimum absolute atomic E-state index is 0.435. The summed E-state index contributed by atoms with van der Waals surface area (Å²) >= 11 is 9.92. The predicted molar refractivity (Wildman–Crippen MR) is 90.4 cm³/mol. The van der Waals surface area contributed by atoms with Gasteiger partial charge in [0, 0.05) is 17.4 Å². The molecule has 0 amide bonds. The largest absolute Gasteiger partial charge is 0.487 e. The summed E-state index contributed by atoms with van der Waals surface area (Å²) in [5.74, 6) is 0.923. The van der Waals surface area contributed by atoms with Crippen molar-refractivity contribution in [3.63, 3.8) is 0 Å². The lowest BCUT2D eigenvalue weighted by molar-refractivity contribution is 0.288. The standard InChI is InChI=1S/C16H20BrClN2O/c1-4-13-15(18)14(20(5-2)19-13)10-21-16-11(3)7-6-8-12(16)9-17/h6-8H,4-5,9-10H2,1-3H3. The lowest BCUT2D eigenvalue weighted by Gasteiger charge is -2.13. The first-order valence-corrected chi connectivity index (χ1v) is 8.63. The van der Waals surface area contributed by atoms with E-state index in [2.05, 4.69) is 53.9 Å². The molecule has 2 aromatic rings. The maximum absolute atomic E-state index is 6.42. The number of aromatic nitrogens is 2. The highest BCUT2D eigenvalue weighted by Crippen LogP contribution is 2.28. The first-order valence-electron chi connectivity index (χ1n) is 7.13. The van der Waals surface area contributed by atoms with Crippen LogP contribution in [0.3, 0.4) is 0 Å². The number of halogens is 2. The van der Waals surface area contributed by atoms with Crippen molar-refractivity contribution in [1.29, 1.82) is 0 Å². The van der Waals surface area contributed by atoms with E-state index < -0.39 is 0 Å². The van der Waals surface area contributed by atoms with Crippen LogP contribution in [0.5, 0.6) is 5.75 Å². The Morgan fingerprint density at radius 3 is 2.71 bits per heavy atom. The highest BCUT2D eigenvalue weighted by Gasteiger charge is 2.16.